The van der Waals surface area contributed by atoms with E-state index in [-0.39, 0.29) is 5.91 Å². The molecule has 0 saturated carbocycles. The van der Waals surface area contributed by atoms with Gasteiger partial charge in [-0.3, -0.25) is 9.69 Å². The maximum atomic E-state index is 12.6. The van der Waals surface area contributed by atoms with Crippen LogP contribution in [0.5, 0.6) is 5.75 Å². The van der Waals surface area contributed by atoms with Gasteiger partial charge in [-0.2, -0.15) is 11.8 Å². The highest BCUT2D eigenvalue weighted by Gasteiger charge is 2.16. The van der Waals surface area contributed by atoms with Gasteiger partial charge < -0.3 is 14.8 Å². The number of anilines is 1. The molecule has 2 aromatic rings. The molecule has 29 heavy (non-hydrogen) atoms. The van der Waals surface area contributed by atoms with Crippen LogP contribution in [0.2, 0.25) is 0 Å². The Morgan fingerprint density at radius 3 is 2.72 bits per heavy atom. The summed E-state index contributed by atoms with van der Waals surface area (Å²) in [6, 6.07) is 14.0. The summed E-state index contributed by atoms with van der Waals surface area (Å²) in [5.41, 5.74) is 4.11. The molecule has 1 unspecified atom stereocenters. The summed E-state index contributed by atoms with van der Waals surface area (Å²) < 4.78 is 11.0. The van der Waals surface area contributed by atoms with Crippen molar-refractivity contribution in [2.75, 3.05) is 37.0 Å². The van der Waals surface area contributed by atoms with Gasteiger partial charge >= 0.3 is 0 Å². The van der Waals surface area contributed by atoms with Crippen LogP contribution >= 0.6 is 11.8 Å². The predicted octanol–water partition coefficient (Wildman–Crippen LogP) is 4.10. The molecule has 0 aromatic heterocycles. The molecule has 1 amide bonds. The van der Waals surface area contributed by atoms with Crippen molar-refractivity contribution in [1.29, 1.82) is 0 Å². The maximum Gasteiger partial charge on any atom is 0.253 e. The SMILES string of the molecule is COc1cccc(COC(C)C(=O)Nc2cc(CN3CCSCC3)ccc2C)c1. The van der Waals surface area contributed by atoms with Crippen molar-refractivity contribution in [3.05, 3.63) is 59.2 Å². The molecule has 0 bridgehead atoms. The Kier molecular flexibility index (Phi) is 7.98. The normalized spacial score (nSPS) is 15.7. The van der Waals surface area contributed by atoms with Crippen molar-refractivity contribution in [2.45, 2.75) is 33.1 Å². The van der Waals surface area contributed by atoms with Crippen LogP contribution in [0.3, 0.4) is 0 Å². The van der Waals surface area contributed by atoms with Gasteiger partial charge in [0.1, 0.15) is 11.9 Å². The summed E-state index contributed by atoms with van der Waals surface area (Å²) in [5.74, 6) is 3.03. The van der Waals surface area contributed by atoms with Crippen molar-refractivity contribution < 1.29 is 14.3 Å². The van der Waals surface area contributed by atoms with E-state index in [1.165, 1.54) is 17.1 Å². The molecule has 3 rings (SSSR count). The Morgan fingerprint density at radius 1 is 1.17 bits per heavy atom. The Bertz CT molecular complexity index is 822. The maximum absolute atomic E-state index is 12.6. The third kappa shape index (κ3) is 6.49. The van der Waals surface area contributed by atoms with Crippen LogP contribution in [-0.4, -0.2) is 48.6 Å². The molecule has 1 aliphatic heterocycles. The lowest BCUT2D eigenvalue weighted by molar-refractivity contribution is -0.127. The first-order chi connectivity index (χ1) is 14.0. The van der Waals surface area contributed by atoms with Crippen LogP contribution in [0.15, 0.2) is 42.5 Å². The average molecular weight is 415 g/mol. The van der Waals surface area contributed by atoms with Crippen LogP contribution in [0.1, 0.15) is 23.6 Å². The number of methoxy groups -OCH3 is 1. The summed E-state index contributed by atoms with van der Waals surface area (Å²) in [6.07, 6.45) is -0.552. The van der Waals surface area contributed by atoms with E-state index in [1.54, 1.807) is 14.0 Å². The van der Waals surface area contributed by atoms with Gasteiger partial charge in [-0.15, -0.1) is 0 Å². The van der Waals surface area contributed by atoms with Gasteiger partial charge in [-0.05, 0) is 48.7 Å². The second-order valence-electron chi connectivity index (χ2n) is 7.33. The van der Waals surface area contributed by atoms with Crippen LogP contribution < -0.4 is 10.1 Å². The minimum absolute atomic E-state index is 0.137. The Morgan fingerprint density at radius 2 is 1.97 bits per heavy atom. The minimum Gasteiger partial charge on any atom is -0.497 e. The lowest BCUT2D eigenvalue weighted by Crippen LogP contribution is -2.32. The topological polar surface area (TPSA) is 50.8 Å². The van der Waals surface area contributed by atoms with Crippen molar-refractivity contribution in [3.8, 4) is 5.75 Å². The van der Waals surface area contributed by atoms with Crippen LogP contribution in [-0.2, 0) is 22.7 Å². The number of carbonyl (C=O) groups is 1. The predicted molar refractivity (Wildman–Crippen MR) is 120 cm³/mol. The van der Waals surface area contributed by atoms with Crippen LogP contribution in [0.4, 0.5) is 5.69 Å². The lowest BCUT2D eigenvalue weighted by Gasteiger charge is -2.26. The van der Waals surface area contributed by atoms with E-state index in [1.807, 2.05) is 43.0 Å². The number of nitrogens with zero attached hydrogens (tertiary/aromatic N) is 1. The fourth-order valence-corrected chi connectivity index (χ4v) is 4.19. The lowest BCUT2D eigenvalue weighted by atomic mass is 10.1. The first-order valence-electron chi connectivity index (χ1n) is 10.00. The van der Waals surface area contributed by atoms with Gasteiger partial charge in [0.25, 0.3) is 5.91 Å². The molecule has 1 fully saturated rings. The second kappa shape index (κ2) is 10.7. The number of thioether (sulfide) groups is 1. The third-order valence-corrected chi connectivity index (χ3v) is 6.02. The summed E-state index contributed by atoms with van der Waals surface area (Å²) in [7, 11) is 1.64. The van der Waals surface area contributed by atoms with Crippen molar-refractivity contribution in [1.82, 2.24) is 4.90 Å². The zero-order valence-corrected chi connectivity index (χ0v) is 18.3. The summed E-state index contributed by atoms with van der Waals surface area (Å²) in [6.45, 7) is 7.31. The standard InChI is InChI=1S/C23H30N2O3S/c1-17-7-8-19(15-25-9-11-29-12-10-25)14-22(17)24-23(26)18(2)28-16-20-5-4-6-21(13-20)27-3/h4-8,13-14,18H,9-12,15-16H2,1-3H3,(H,24,26). The quantitative estimate of drug-likeness (QED) is 0.705. The molecule has 1 saturated heterocycles. The number of rotatable bonds is 8. The van der Waals surface area contributed by atoms with E-state index >= 15 is 0 Å². The van der Waals surface area contributed by atoms with Gasteiger partial charge in [0.15, 0.2) is 0 Å². The van der Waals surface area contributed by atoms with Crippen molar-refractivity contribution >= 4 is 23.4 Å². The van der Waals surface area contributed by atoms with Gasteiger partial charge in [0.05, 0.1) is 13.7 Å². The monoisotopic (exact) mass is 414 g/mol. The number of hydrogen-bond donors (Lipinski definition) is 1. The number of amides is 1. The van der Waals surface area contributed by atoms with E-state index < -0.39 is 6.10 Å². The zero-order chi connectivity index (χ0) is 20.6. The first kappa shape index (κ1) is 21.7. The van der Waals surface area contributed by atoms with E-state index in [0.717, 1.165) is 42.2 Å². The van der Waals surface area contributed by atoms with E-state index in [0.29, 0.717) is 6.61 Å². The number of nitrogens with one attached hydrogen (secondary N) is 1. The fraction of sp³-hybridized carbons (Fsp3) is 0.435. The molecule has 1 heterocycles. The van der Waals surface area contributed by atoms with Crippen molar-refractivity contribution in [3.63, 3.8) is 0 Å². The highest BCUT2D eigenvalue weighted by Crippen LogP contribution is 2.20. The first-order valence-corrected chi connectivity index (χ1v) is 11.2. The summed E-state index contributed by atoms with van der Waals surface area (Å²) in [5, 5.41) is 3.04. The highest BCUT2D eigenvalue weighted by molar-refractivity contribution is 7.99. The second-order valence-corrected chi connectivity index (χ2v) is 8.56. The largest absolute Gasteiger partial charge is 0.497 e. The molecule has 156 valence electrons. The highest BCUT2D eigenvalue weighted by atomic mass is 32.2. The number of carbonyl (C=O) groups excluding carboxylic acids is 1. The van der Waals surface area contributed by atoms with Crippen molar-refractivity contribution in [2.24, 2.45) is 0 Å². The van der Waals surface area contributed by atoms with E-state index in [4.69, 9.17) is 9.47 Å². The zero-order valence-electron chi connectivity index (χ0n) is 17.4. The van der Waals surface area contributed by atoms with E-state index in [9.17, 15) is 4.79 Å². The van der Waals surface area contributed by atoms with Crippen LogP contribution in [0.25, 0.3) is 0 Å². The molecule has 1 aliphatic rings. The number of hydrogen-bond acceptors (Lipinski definition) is 5. The molecular formula is C23H30N2O3S. The van der Waals surface area contributed by atoms with Gasteiger partial charge in [0.2, 0.25) is 0 Å². The minimum atomic E-state index is -0.552. The van der Waals surface area contributed by atoms with Gasteiger partial charge in [0, 0.05) is 36.8 Å². The number of benzene rings is 2. The Hall–Kier alpha value is -2.02. The summed E-state index contributed by atoms with van der Waals surface area (Å²) in [4.78, 5) is 15.1. The molecule has 6 heteroatoms. The third-order valence-electron chi connectivity index (χ3n) is 5.07. The molecule has 0 radical (unpaired) electrons. The molecular weight excluding hydrogens is 384 g/mol. The van der Waals surface area contributed by atoms with E-state index in [2.05, 4.69) is 28.4 Å². The molecule has 1 atom stereocenters. The van der Waals surface area contributed by atoms with Crippen LogP contribution in [0, 0.1) is 6.92 Å². The molecule has 2 aromatic carbocycles. The Balaban J connectivity index is 1.56. The summed E-state index contributed by atoms with van der Waals surface area (Å²) >= 11 is 2.01. The molecule has 1 N–H and O–H groups in total. The molecule has 5 nitrogen and oxygen atoms in total. The fourth-order valence-electron chi connectivity index (χ4n) is 3.21. The number of aryl methyl sites for hydroxylation is 1. The smallest absolute Gasteiger partial charge is 0.253 e. The molecule has 0 aliphatic carbocycles. The number of ether oxygens (including phenoxy) is 2. The molecule has 0 spiro atoms. The van der Waals surface area contributed by atoms with Gasteiger partial charge in [-0.1, -0.05) is 24.3 Å². The Labute approximate surface area is 177 Å². The van der Waals surface area contributed by atoms with Gasteiger partial charge in [-0.25, -0.2) is 0 Å². The average Bonchev–Trinajstić information content (AvgIpc) is 2.75.